The zero-order valence-corrected chi connectivity index (χ0v) is 13.7. The summed E-state index contributed by atoms with van der Waals surface area (Å²) in [6, 6.07) is 19.8. The van der Waals surface area contributed by atoms with Gasteiger partial charge in [0.25, 0.3) is 0 Å². The van der Waals surface area contributed by atoms with E-state index >= 15 is 0 Å². The molecule has 1 heterocycles. The van der Waals surface area contributed by atoms with Crippen molar-refractivity contribution in [2.75, 3.05) is 5.75 Å². The number of hydrogen-bond acceptors (Lipinski definition) is 4. The van der Waals surface area contributed by atoms with Gasteiger partial charge in [0, 0.05) is 0 Å². The van der Waals surface area contributed by atoms with Gasteiger partial charge < -0.3 is 0 Å². The first-order valence-electron chi connectivity index (χ1n) is 7.39. The number of thioether (sulfide) groups is 1. The third-order valence-electron chi connectivity index (χ3n) is 3.52. The molecule has 0 atom stereocenters. The van der Waals surface area contributed by atoms with Crippen molar-refractivity contribution in [3.63, 3.8) is 0 Å². The molecule has 2 aromatic carbocycles. The molecule has 0 spiro atoms. The van der Waals surface area contributed by atoms with Crippen LogP contribution in [0.15, 0.2) is 70.9 Å². The minimum atomic E-state index is 0.0742. The third-order valence-corrected chi connectivity index (χ3v) is 4.47. The zero-order chi connectivity index (χ0) is 16.1. The summed E-state index contributed by atoms with van der Waals surface area (Å²) >= 11 is 1.43. The SMILES string of the molecule is C/C(=N/N=C1/SCC(=O)N1Cc1ccccc1)c1ccccc1. The fraction of sp³-hybridized carbons (Fsp3) is 0.167. The maximum atomic E-state index is 12.1. The van der Waals surface area contributed by atoms with Crippen LogP contribution < -0.4 is 0 Å². The molecule has 0 radical (unpaired) electrons. The van der Waals surface area contributed by atoms with Crippen LogP contribution >= 0.6 is 11.8 Å². The summed E-state index contributed by atoms with van der Waals surface area (Å²) in [5.74, 6) is 0.496. The number of benzene rings is 2. The number of amides is 1. The lowest BCUT2D eigenvalue weighted by Crippen LogP contribution is -2.28. The number of hydrogen-bond donors (Lipinski definition) is 0. The molecular weight excluding hydrogens is 306 g/mol. The molecule has 4 nitrogen and oxygen atoms in total. The summed E-state index contributed by atoms with van der Waals surface area (Å²) in [4.78, 5) is 13.8. The third kappa shape index (κ3) is 3.87. The van der Waals surface area contributed by atoms with Gasteiger partial charge in [0.15, 0.2) is 5.17 Å². The number of rotatable bonds is 4. The highest BCUT2D eigenvalue weighted by molar-refractivity contribution is 8.15. The molecule has 1 saturated heterocycles. The Kier molecular flexibility index (Phi) is 4.88. The Bertz CT molecular complexity index is 741. The van der Waals surface area contributed by atoms with Crippen LogP contribution in [-0.2, 0) is 11.3 Å². The highest BCUT2D eigenvalue weighted by Gasteiger charge is 2.28. The maximum Gasteiger partial charge on any atom is 0.239 e. The molecule has 0 bridgehead atoms. The second kappa shape index (κ2) is 7.24. The molecule has 5 heteroatoms. The van der Waals surface area contributed by atoms with Crippen LogP contribution in [0.5, 0.6) is 0 Å². The van der Waals surface area contributed by atoms with E-state index in [1.807, 2.05) is 67.6 Å². The van der Waals surface area contributed by atoms with Crippen molar-refractivity contribution in [3.05, 3.63) is 71.8 Å². The van der Waals surface area contributed by atoms with E-state index in [2.05, 4.69) is 10.2 Å². The van der Waals surface area contributed by atoms with Crippen LogP contribution in [0.1, 0.15) is 18.1 Å². The van der Waals surface area contributed by atoms with E-state index in [0.717, 1.165) is 16.8 Å². The van der Waals surface area contributed by atoms with Crippen LogP contribution in [0, 0.1) is 0 Å². The van der Waals surface area contributed by atoms with Crippen molar-refractivity contribution in [1.29, 1.82) is 0 Å². The van der Waals surface area contributed by atoms with E-state index in [0.29, 0.717) is 17.5 Å². The Morgan fingerprint density at radius 3 is 2.43 bits per heavy atom. The highest BCUT2D eigenvalue weighted by Crippen LogP contribution is 2.22. The Morgan fingerprint density at radius 2 is 1.74 bits per heavy atom. The molecule has 1 aliphatic heterocycles. The summed E-state index contributed by atoms with van der Waals surface area (Å²) in [5, 5.41) is 9.25. The molecule has 0 N–H and O–H groups in total. The Hall–Kier alpha value is -2.40. The molecule has 2 aromatic rings. The Morgan fingerprint density at radius 1 is 1.09 bits per heavy atom. The molecule has 23 heavy (non-hydrogen) atoms. The Balaban J connectivity index is 1.79. The number of nitrogens with zero attached hydrogens (tertiary/aromatic N) is 3. The fourth-order valence-corrected chi connectivity index (χ4v) is 3.08. The molecule has 1 aliphatic rings. The summed E-state index contributed by atoms with van der Waals surface area (Å²) in [7, 11) is 0. The summed E-state index contributed by atoms with van der Waals surface area (Å²) in [6.07, 6.45) is 0. The van der Waals surface area contributed by atoms with Gasteiger partial charge in [0.2, 0.25) is 5.91 Å². The molecule has 0 saturated carbocycles. The van der Waals surface area contributed by atoms with Crippen LogP contribution in [0.4, 0.5) is 0 Å². The highest BCUT2D eigenvalue weighted by atomic mass is 32.2. The molecule has 0 aliphatic carbocycles. The van der Waals surface area contributed by atoms with E-state index in [9.17, 15) is 4.79 Å². The van der Waals surface area contributed by atoms with E-state index in [-0.39, 0.29) is 5.91 Å². The van der Waals surface area contributed by atoms with Crippen molar-refractivity contribution in [1.82, 2.24) is 4.90 Å². The monoisotopic (exact) mass is 323 g/mol. The predicted octanol–water partition coefficient (Wildman–Crippen LogP) is 3.54. The lowest BCUT2D eigenvalue weighted by atomic mass is 10.1. The van der Waals surface area contributed by atoms with Crippen molar-refractivity contribution >= 4 is 28.5 Å². The molecule has 1 fully saturated rings. The van der Waals surface area contributed by atoms with Gasteiger partial charge in [0.1, 0.15) is 0 Å². The van der Waals surface area contributed by atoms with Crippen molar-refractivity contribution in [2.24, 2.45) is 10.2 Å². The molecule has 116 valence electrons. The van der Waals surface area contributed by atoms with Crippen molar-refractivity contribution in [3.8, 4) is 0 Å². The van der Waals surface area contributed by atoms with Crippen molar-refractivity contribution < 1.29 is 4.79 Å². The first kappa shape index (κ1) is 15.5. The largest absolute Gasteiger partial charge is 0.285 e. The summed E-state index contributed by atoms with van der Waals surface area (Å²) in [6.45, 7) is 2.45. The molecular formula is C18H17N3OS. The molecule has 3 rings (SSSR count). The number of carbonyl (C=O) groups excluding carboxylic acids is 1. The van der Waals surface area contributed by atoms with Gasteiger partial charge >= 0.3 is 0 Å². The lowest BCUT2D eigenvalue weighted by Gasteiger charge is -2.15. The standard InChI is InChI=1S/C18H17N3OS/c1-14(16-10-6-3-7-11-16)19-20-18-21(17(22)13-23-18)12-15-8-4-2-5-9-15/h2-11H,12-13H2,1H3/b19-14-,20-18+. The summed E-state index contributed by atoms with van der Waals surface area (Å²) < 4.78 is 0. The van der Waals surface area contributed by atoms with Crippen LogP contribution in [0.3, 0.4) is 0 Å². The number of amidine groups is 1. The van der Waals surface area contributed by atoms with E-state index in [4.69, 9.17) is 0 Å². The predicted molar refractivity (Wildman–Crippen MR) is 95.5 cm³/mol. The van der Waals surface area contributed by atoms with Crippen LogP contribution in [0.25, 0.3) is 0 Å². The Labute approximate surface area is 139 Å². The smallest absolute Gasteiger partial charge is 0.239 e. The van der Waals surface area contributed by atoms with Gasteiger partial charge in [-0.25, -0.2) is 0 Å². The van der Waals surface area contributed by atoms with Gasteiger partial charge in [-0.1, -0.05) is 72.4 Å². The van der Waals surface area contributed by atoms with Gasteiger partial charge in [-0.2, -0.15) is 5.10 Å². The fourth-order valence-electron chi connectivity index (χ4n) is 2.25. The molecule has 0 unspecified atom stereocenters. The van der Waals surface area contributed by atoms with Gasteiger partial charge in [-0.15, -0.1) is 5.10 Å². The quantitative estimate of drug-likeness (QED) is 0.638. The van der Waals surface area contributed by atoms with Crippen molar-refractivity contribution in [2.45, 2.75) is 13.5 Å². The summed E-state index contributed by atoms with van der Waals surface area (Å²) in [5.41, 5.74) is 2.94. The average molecular weight is 323 g/mol. The number of carbonyl (C=O) groups is 1. The molecule has 1 amide bonds. The second-order valence-corrected chi connectivity index (χ2v) is 6.13. The lowest BCUT2D eigenvalue weighted by molar-refractivity contribution is -0.124. The average Bonchev–Trinajstić information content (AvgIpc) is 2.94. The first-order chi connectivity index (χ1) is 11.2. The first-order valence-corrected chi connectivity index (χ1v) is 8.37. The van der Waals surface area contributed by atoms with Gasteiger partial charge in [0.05, 0.1) is 18.0 Å². The van der Waals surface area contributed by atoms with E-state index in [1.54, 1.807) is 4.90 Å². The van der Waals surface area contributed by atoms with Crippen LogP contribution in [0.2, 0.25) is 0 Å². The normalized spacial score (nSPS) is 17.1. The van der Waals surface area contributed by atoms with Crippen LogP contribution in [-0.4, -0.2) is 27.4 Å². The topological polar surface area (TPSA) is 45.0 Å². The van der Waals surface area contributed by atoms with E-state index in [1.165, 1.54) is 11.8 Å². The molecule has 0 aromatic heterocycles. The second-order valence-electron chi connectivity index (χ2n) is 5.19. The van der Waals surface area contributed by atoms with E-state index < -0.39 is 0 Å². The van der Waals surface area contributed by atoms with Gasteiger partial charge in [-0.3, -0.25) is 9.69 Å². The minimum absolute atomic E-state index is 0.0742. The maximum absolute atomic E-state index is 12.1. The zero-order valence-electron chi connectivity index (χ0n) is 12.8. The minimum Gasteiger partial charge on any atom is -0.285 e. The van der Waals surface area contributed by atoms with Gasteiger partial charge in [-0.05, 0) is 18.1 Å².